The summed E-state index contributed by atoms with van der Waals surface area (Å²) in [6.07, 6.45) is 0. The molecule has 0 aliphatic rings. The number of azo groups is 1. The van der Waals surface area contributed by atoms with Crippen molar-refractivity contribution in [3.8, 4) is 17.2 Å². The van der Waals surface area contributed by atoms with Gasteiger partial charge in [-0.1, -0.05) is 0 Å². The molecule has 2 rings (SSSR count). The standard InChI is InChI=1S/C15H16N2O6S/c1-21-10-4-6-12(15(8-10)23-3)16-17-13-9-11(24(18,19)20)5-7-14(13)22-2/h4-9H,1-3H3,(H,18,19,20). The minimum absolute atomic E-state index is 0.144. The predicted molar refractivity (Wildman–Crippen MR) is 86.5 cm³/mol. The SMILES string of the molecule is COc1ccc(N=Nc2cc(S(=O)(=O)O)ccc2OC)c(OC)c1. The third-order valence-corrected chi connectivity index (χ3v) is 3.95. The van der Waals surface area contributed by atoms with E-state index in [1.807, 2.05) is 0 Å². The van der Waals surface area contributed by atoms with Crippen LogP contribution in [0.3, 0.4) is 0 Å². The molecule has 0 fully saturated rings. The second kappa shape index (κ2) is 7.28. The van der Waals surface area contributed by atoms with Crippen molar-refractivity contribution >= 4 is 21.5 Å². The van der Waals surface area contributed by atoms with Crippen LogP contribution in [-0.4, -0.2) is 34.3 Å². The molecule has 0 spiro atoms. The van der Waals surface area contributed by atoms with Crippen LogP contribution in [0.5, 0.6) is 17.2 Å². The third kappa shape index (κ3) is 4.00. The Morgan fingerprint density at radius 3 is 2.08 bits per heavy atom. The fourth-order valence-electron chi connectivity index (χ4n) is 1.88. The Hall–Kier alpha value is -2.65. The number of hydrogen-bond donors (Lipinski definition) is 1. The molecule has 8 nitrogen and oxygen atoms in total. The molecule has 0 radical (unpaired) electrons. The van der Waals surface area contributed by atoms with Crippen LogP contribution in [0.1, 0.15) is 0 Å². The Balaban J connectivity index is 2.45. The number of benzene rings is 2. The van der Waals surface area contributed by atoms with E-state index in [1.54, 1.807) is 18.2 Å². The molecule has 2 aromatic carbocycles. The van der Waals surface area contributed by atoms with Gasteiger partial charge in [0, 0.05) is 6.07 Å². The predicted octanol–water partition coefficient (Wildman–Crippen LogP) is 3.37. The lowest BCUT2D eigenvalue weighted by atomic mass is 10.3. The van der Waals surface area contributed by atoms with Gasteiger partial charge in [-0.25, -0.2) is 0 Å². The summed E-state index contributed by atoms with van der Waals surface area (Å²) >= 11 is 0. The maximum Gasteiger partial charge on any atom is 0.294 e. The first-order valence-corrected chi connectivity index (χ1v) is 8.12. The van der Waals surface area contributed by atoms with Crippen molar-refractivity contribution in [3.63, 3.8) is 0 Å². The van der Waals surface area contributed by atoms with Gasteiger partial charge in [-0.3, -0.25) is 4.55 Å². The van der Waals surface area contributed by atoms with Gasteiger partial charge in [0.25, 0.3) is 10.1 Å². The summed E-state index contributed by atoms with van der Waals surface area (Å²) in [6.45, 7) is 0. The van der Waals surface area contributed by atoms with Gasteiger partial charge in [0.1, 0.15) is 28.6 Å². The number of rotatable bonds is 6. The topological polar surface area (TPSA) is 107 Å². The number of hydrogen-bond acceptors (Lipinski definition) is 7. The summed E-state index contributed by atoms with van der Waals surface area (Å²) in [6, 6.07) is 8.71. The van der Waals surface area contributed by atoms with Gasteiger partial charge in [-0.2, -0.15) is 8.42 Å². The van der Waals surface area contributed by atoms with E-state index in [1.165, 1.54) is 33.5 Å². The Labute approximate surface area is 139 Å². The van der Waals surface area contributed by atoms with Gasteiger partial charge >= 0.3 is 0 Å². The van der Waals surface area contributed by atoms with Crippen molar-refractivity contribution in [1.29, 1.82) is 0 Å². The third-order valence-electron chi connectivity index (χ3n) is 3.10. The highest BCUT2D eigenvalue weighted by atomic mass is 32.2. The van der Waals surface area contributed by atoms with Crippen LogP contribution < -0.4 is 14.2 Å². The van der Waals surface area contributed by atoms with Crippen molar-refractivity contribution in [2.75, 3.05) is 21.3 Å². The van der Waals surface area contributed by atoms with Crippen LogP contribution in [0.25, 0.3) is 0 Å². The van der Waals surface area contributed by atoms with Crippen molar-refractivity contribution in [2.24, 2.45) is 10.2 Å². The molecule has 128 valence electrons. The van der Waals surface area contributed by atoms with Crippen molar-refractivity contribution < 1.29 is 27.2 Å². The lowest BCUT2D eigenvalue weighted by Gasteiger charge is -2.07. The van der Waals surface area contributed by atoms with Gasteiger partial charge in [-0.05, 0) is 30.3 Å². The highest BCUT2D eigenvalue weighted by Crippen LogP contribution is 2.35. The van der Waals surface area contributed by atoms with Gasteiger partial charge in [-0.15, -0.1) is 10.2 Å². The molecular weight excluding hydrogens is 336 g/mol. The van der Waals surface area contributed by atoms with E-state index in [9.17, 15) is 8.42 Å². The zero-order chi connectivity index (χ0) is 17.7. The molecule has 2 aromatic rings. The molecule has 0 atom stereocenters. The average molecular weight is 352 g/mol. The molecule has 0 unspecified atom stereocenters. The van der Waals surface area contributed by atoms with E-state index >= 15 is 0 Å². The highest BCUT2D eigenvalue weighted by Gasteiger charge is 2.13. The highest BCUT2D eigenvalue weighted by molar-refractivity contribution is 7.85. The molecule has 9 heteroatoms. The van der Waals surface area contributed by atoms with Crippen LogP contribution >= 0.6 is 0 Å². The summed E-state index contributed by atoms with van der Waals surface area (Å²) in [5, 5.41) is 8.03. The monoisotopic (exact) mass is 352 g/mol. The number of nitrogens with zero attached hydrogens (tertiary/aromatic N) is 2. The average Bonchev–Trinajstić information content (AvgIpc) is 2.58. The van der Waals surface area contributed by atoms with Crippen LogP contribution in [0, 0.1) is 0 Å². The summed E-state index contributed by atoms with van der Waals surface area (Å²) in [5.74, 6) is 1.33. The van der Waals surface area contributed by atoms with E-state index in [0.717, 1.165) is 6.07 Å². The Morgan fingerprint density at radius 2 is 1.50 bits per heavy atom. The molecule has 1 N–H and O–H groups in total. The van der Waals surface area contributed by atoms with E-state index in [-0.39, 0.29) is 10.6 Å². The quantitative estimate of drug-likeness (QED) is 0.631. The molecule has 0 saturated heterocycles. The van der Waals surface area contributed by atoms with Crippen molar-refractivity contribution in [2.45, 2.75) is 4.90 Å². The maximum atomic E-state index is 11.2. The first kappa shape index (κ1) is 17.7. The van der Waals surface area contributed by atoms with Crippen LogP contribution in [-0.2, 0) is 10.1 Å². The second-order valence-corrected chi connectivity index (χ2v) is 5.97. The molecule has 0 aromatic heterocycles. The molecule has 0 bridgehead atoms. The Kier molecular flexibility index (Phi) is 5.37. The smallest absolute Gasteiger partial charge is 0.294 e. The summed E-state index contributed by atoms with van der Waals surface area (Å²) in [5.41, 5.74) is 0.558. The molecule has 0 amide bonds. The maximum absolute atomic E-state index is 11.2. The summed E-state index contributed by atoms with van der Waals surface area (Å²) in [7, 11) is 0.0675. The van der Waals surface area contributed by atoms with Crippen molar-refractivity contribution in [3.05, 3.63) is 36.4 Å². The normalized spacial score (nSPS) is 11.5. The minimum Gasteiger partial charge on any atom is -0.497 e. The van der Waals surface area contributed by atoms with Gasteiger partial charge < -0.3 is 14.2 Å². The minimum atomic E-state index is -4.35. The Morgan fingerprint density at radius 1 is 0.833 bits per heavy atom. The van der Waals surface area contributed by atoms with Gasteiger partial charge in [0.05, 0.1) is 26.2 Å². The van der Waals surface area contributed by atoms with E-state index < -0.39 is 10.1 Å². The lowest BCUT2D eigenvalue weighted by Crippen LogP contribution is -1.97. The molecule has 0 saturated carbocycles. The van der Waals surface area contributed by atoms with Crippen molar-refractivity contribution in [1.82, 2.24) is 0 Å². The van der Waals surface area contributed by atoms with E-state index in [2.05, 4.69) is 10.2 Å². The molecule has 24 heavy (non-hydrogen) atoms. The summed E-state index contributed by atoms with van der Waals surface area (Å²) in [4.78, 5) is -0.307. The number of methoxy groups -OCH3 is 3. The number of ether oxygens (including phenoxy) is 3. The first-order valence-electron chi connectivity index (χ1n) is 6.68. The lowest BCUT2D eigenvalue weighted by molar-refractivity contribution is 0.395. The first-order chi connectivity index (χ1) is 11.4. The summed E-state index contributed by atoms with van der Waals surface area (Å²) < 4.78 is 47.0. The zero-order valence-electron chi connectivity index (χ0n) is 13.3. The van der Waals surface area contributed by atoms with E-state index in [0.29, 0.717) is 22.9 Å². The van der Waals surface area contributed by atoms with Gasteiger partial charge in [0.2, 0.25) is 0 Å². The van der Waals surface area contributed by atoms with Crippen LogP contribution in [0.15, 0.2) is 51.5 Å². The Bertz CT molecular complexity index is 864. The fourth-order valence-corrected chi connectivity index (χ4v) is 2.38. The molecule has 0 aliphatic carbocycles. The largest absolute Gasteiger partial charge is 0.497 e. The molecule has 0 heterocycles. The molecule has 0 aliphatic heterocycles. The van der Waals surface area contributed by atoms with E-state index in [4.69, 9.17) is 18.8 Å². The second-order valence-electron chi connectivity index (χ2n) is 4.55. The fraction of sp³-hybridized carbons (Fsp3) is 0.200. The van der Waals surface area contributed by atoms with Gasteiger partial charge in [0.15, 0.2) is 0 Å². The van der Waals surface area contributed by atoms with Crippen LogP contribution in [0.2, 0.25) is 0 Å². The molecular formula is C15H16N2O6S. The van der Waals surface area contributed by atoms with Crippen LogP contribution in [0.4, 0.5) is 11.4 Å². The zero-order valence-corrected chi connectivity index (χ0v) is 14.1.